The molecule has 0 aliphatic rings. The SMILES string of the molecule is NS(=O)(=O)c1cc(NC(=O)Cc2ccccc2Cl)ccc1-c1c[nH]c(C(=O)C(F)F)c1. The molecule has 31 heavy (non-hydrogen) atoms. The zero-order valence-electron chi connectivity index (χ0n) is 15.7. The van der Waals surface area contributed by atoms with E-state index in [0.717, 1.165) is 12.1 Å². The van der Waals surface area contributed by atoms with Crippen LogP contribution >= 0.6 is 11.6 Å². The van der Waals surface area contributed by atoms with Crippen molar-refractivity contribution in [2.75, 3.05) is 5.32 Å². The third-order valence-electron chi connectivity index (χ3n) is 4.34. The number of nitrogens with two attached hydrogens (primary N) is 1. The smallest absolute Gasteiger partial charge is 0.302 e. The Morgan fingerprint density at radius 2 is 1.84 bits per heavy atom. The van der Waals surface area contributed by atoms with Crippen molar-refractivity contribution in [3.8, 4) is 11.1 Å². The second kappa shape index (κ2) is 8.96. The van der Waals surface area contributed by atoms with Gasteiger partial charge in [-0.1, -0.05) is 35.9 Å². The molecule has 0 aliphatic carbocycles. The zero-order valence-corrected chi connectivity index (χ0v) is 17.3. The van der Waals surface area contributed by atoms with Gasteiger partial charge in [0.25, 0.3) is 0 Å². The molecule has 162 valence electrons. The van der Waals surface area contributed by atoms with Crippen molar-refractivity contribution in [3.05, 3.63) is 71.0 Å². The number of alkyl halides is 2. The van der Waals surface area contributed by atoms with Crippen LogP contribution in [0.5, 0.6) is 0 Å². The van der Waals surface area contributed by atoms with Gasteiger partial charge in [-0.05, 0) is 29.8 Å². The Balaban J connectivity index is 1.90. The normalized spacial score (nSPS) is 11.5. The van der Waals surface area contributed by atoms with Gasteiger partial charge in [-0.3, -0.25) is 9.59 Å². The van der Waals surface area contributed by atoms with Crippen molar-refractivity contribution in [1.29, 1.82) is 0 Å². The monoisotopic (exact) mass is 467 g/mol. The van der Waals surface area contributed by atoms with Crippen molar-refractivity contribution in [2.24, 2.45) is 5.14 Å². The average Bonchev–Trinajstić information content (AvgIpc) is 3.18. The van der Waals surface area contributed by atoms with Gasteiger partial charge >= 0.3 is 6.43 Å². The van der Waals surface area contributed by atoms with Crippen LogP contribution < -0.4 is 10.5 Å². The first kappa shape index (κ1) is 22.6. The summed E-state index contributed by atoms with van der Waals surface area (Å²) in [5.74, 6) is -1.86. The first-order chi connectivity index (χ1) is 14.6. The average molecular weight is 468 g/mol. The van der Waals surface area contributed by atoms with Crippen LogP contribution in [0.4, 0.5) is 14.5 Å². The van der Waals surface area contributed by atoms with Gasteiger partial charge in [-0.25, -0.2) is 22.3 Å². The number of anilines is 1. The van der Waals surface area contributed by atoms with Gasteiger partial charge in [0.2, 0.25) is 21.7 Å². The number of aromatic nitrogens is 1. The van der Waals surface area contributed by atoms with E-state index in [1.165, 1.54) is 18.3 Å². The third kappa shape index (κ3) is 5.35. The summed E-state index contributed by atoms with van der Waals surface area (Å²) in [6, 6.07) is 11.8. The third-order valence-corrected chi connectivity index (χ3v) is 5.66. The molecular weight excluding hydrogens is 452 g/mol. The number of Topliss-reactive ketones (excluding diaryl/α,β-unsaturated/α-hetero) is 1. The van der Waals surface area contributed by atoms with Crippen molar-refractivity contribution in [3.63, 3.8) is 0 Å². The lowest BCUT2D eigenvalue weighted by Crippen LogP contribution is -2.17. The molecule has 0 aliphatic heterocycles. The maximum absolute atomic E-state index is 12.6. The van der Waals surface area contributed by atoms with E-state index in [0.29, 0.717) is 10.6 Å². The highest BCUT2D eigenvalue weighted by atomic mass is 35.5. The Morgan fingerprint density at radius 1 is 1.13 bits per heavy atom. The minimum atomic E-state index is -4.25. The van der Waals surface area contributed by atoms with Crippen LogP contribution in [-0.4, -0.2) is 31.5 Å². The molecule has 11 heteroatoms. The minimum absolute atomic E-state index is 0.0386. The number of ketones is 1. The van der Waals surface area contributed by atoms with Gasteiger partial charge in [0, 0.05) is 28.0 Å². The second-order valence-corrected chi connectivity index (χ2v) is 8.48. The number of nitrogens with one attached hydrogen (secondary N) is 2. The summed E-state index contributed by atoms with van der Waals surface area (Å²) in [6.45, 7) is 0. The molecule has 0 fully saturated rings. The van der Waals surface area contributed by atoms with Gasteiger partial charge in [0.15, 0.2) is 0 Å². The van der Waals surface area contributed by atoms with Crippen LogP contribution in [0.15, 0.2) is 59.6 Å². The lowest BCUT2D eigenvalue weighted by molar-refractivity contribution is -0.115. The van der Waals surface area contributed by atoms with Gasteiger partial charge in [-0.2, -0.15) is 0 Å². The highest BCUT2D eigenvalue weighted by Gasteiger charge is 2.22. The predicted octanol–water partition coefficient (Wildman–Crippen LogP) is 3.61. The fourth-order valence-corrected chi connectivity index (χ4v) is 3.89. The number of hydrogen-bond donors (Lipinski definition) is 3. The molecule has 0 bridgehead atoms. The molecule has 0 radical (unpaired) electrons. The summed E-state index contributed by atoms with van der Waals surface area (Å²) >= 11 is 6.04. The first-order valence-corrected chi connectivity index (χ1v) is 10.7. The van der Waals surface area contributed by atoms with E-state index in [1.807, 2.05) is 0 Å². The molecule has 3 aromatic rings. The van der Waals surface area contributed by atoms with E-state index in [9.17, 15) is 26.8 Å². The highest BCUT2D eigenvalue weighted by molar-refractivity contribution is 7.89. The molecule has 1 amide bonds. The molecule has 0 saturated carbocycles. The van der Waals surface area contributed by atoms with Gasteiger partial charge in [0.05, 0.1) is 17.0 Å². The molecule has 7 nitrogen and oxygen atoms in total. The fraction of sp³-hybridized carbons (Fsp3) is 0.100. The number of rotatable bonds is 7. The molecule has 0 spiro atoms. The number of benzene rings is 2. The standard InChI is InChI=1S/C20H16ClF2N3O4S/c21-15-4-2-1-3-11(15)8-18(27)26-13-5-6-14(17(9-13)31(24,29)30)12-7-16(25-10-12)19(28)20(22)23/h1-7,9-10,20,25H,8H2,(H,26,27)(H2,24,29,30). The Labute approximate surface area is 181 Å². The van der Waals surface area contributed by atoms with Crippen molar-refractivity contribution >= 4 is 39.0 Å². The molecule has 1 heterocycles. The summed E-state index contributed by atoms with van der Waals surface area (Å²) in [6.07, 6.45) is -2.03. The van der Waals surface area contributed by atoms with Crippen LogP contribution in [0.1, 0.15) is 16.1 Å². The number of hydrogen-bond acceptors (Lipinski definition) is 4. The molecule has 2 aromatic carbocycles. The quantitative estimate of drug-likeness (QED) is 0.459. The van der Waals surface area contributed by atoms with E-state index >= 15 is 0 Å². The summed E-state index contributed by atoms with van der Waals surface area (Å²) in [5, 5.41) is 8.28. The second-order valence-electron chi connectivity index (χ2n) is 6.54. The predicted molar refractivity (Wildman–Crippen MR) is 112 cm³/mol. The van der Waals surface area contributed by atoms with Crippen molar-refractivity contribution in [2.45, 2.75) is 17.7 Å². The Hall–Kier alpha value is -3.08. The molecule has 1 aromatic heterocycles. The Kier molecular flexibility index (Phi) is 6.54. The molecule has 0 atom stereocenters. The highest BCUT2D eigenvalue weighted by Crippen LogP contribution is 2.30. The zero-order chi connectivity index (χ0) is 22.8. The van der Waals surface area contributed by atoms with Crippen molar-refractivity contribution in [1.82, 2.24) is 4.98 Å². The topological polar surface area (TPSA) is 122 Å². The molecule has 0 saturated heterocycles. The van der Waals surface area contributed by atoms with Gasteiger partial charge < -0.3 is 10.3 Å². The van der Waals surface area contributed by atoms with Crippen LogP contribution in [0.3, 0.4) is 0 Å². The number of aromatic amines is 1. The summed E-state index contributed by atoms with van der Waals surface area (Å²) in [4.78, 5) is 25.8. The summed E-state index contributed by atoms with van der Waals surface area (Å²) < 4.78 is 49.4. The molecule has 0 unspecified atom stereocenters. The van der Waals surface area contributed by atoms with E-state index in [-0.39, 0.29) is 33.8 Å². The maximum atomic E-state index is 12.6. The number of primary sulfonamides is 1. The Bertz CT molecular complexity index is 1260. The fourth-order valence-electron chi connectivity index (χ4n) is 2.90. The summed E-state index contributed by atoms with van der Waals surface area (Å²) in [7, 11) is -4.25. The van der Waals surface area contributed by atoms with E-state index in [1.54, 1.807) is 24.3 Å². The molecule has 4 N–H and O–H groups in total. The lowest BCUT2D eigenvalue weighted by Gasteiger charge is -2.11. The molecular formula is C20H16ClF2N3O4S. The lowest BCUT2D eigenvalue weighted by atomic mass is 10.1. The van der Waals surface area contributed by atoms with Crippen molar-refractivity contribution < 1.29 is 26.8 Å². The van der Waals surface area contributed by atoms with E-state index < -0.39 is 28.1 Å². The number of carbonyl (C=O) groups is 2. The van der Waals surface area contributed by atoms with Crippen LogP contribution in [-0.2, 0) is 21.2 Å². The maximum Gasteiger partial charge on any atom is 0.302 e. The number of halogens is 3. The number of carbonyl (C=O) groups excluding carboxylic acids is 2. The number of amides is 1. The van der Waals surface area contributed by atoms with Gasteiger partial charge in [-0.15, -0.1) is 0 Å². The van der Waals surface area contributed by atoms with Crippen LogP contribution in [0.25, 0.3) is 11.1 Å². The number of sulfonamides is 1. The van der Waals surface area contributed by atoms with Crippen LogP contribution in [0.2, 0.25) is 5.02 Å². The van der Waals surface area contributed by atoms with Crippen LogP contribution in [0, 0.1) is 0 Å². The molecule has 3 rings (SSSR count). The van der Waals surface area contributed by atoms with Gasteiger partial charge in [0.1, 0.15) is 0 Å². The summed E-state index contributed by atoms with van der Waals surface area (Å²) in [5.41, 5.74) is 0.623. The first-order valence-electron chi connectivity index (χ1n) is 8.77. The minimum Gasteiger partial charge on any atom is -0.358 e. The number of H-pyrrole nitrogens is 1. The Morgan fingerprint density at radius 3 is 2.48 bits per heavy atom. The van der Waals surface area contributed by atoms with E-state index in [4.69, 9.17) is 16.7 Å². The largest absolute Gasteiger partial charge is 0.358 e. The van der Waals surface area contributed by atoms with E-state index in [2.05, 4.69) is 10.3 Å².